The van der Waals surface area contributed by atoms with Crippen molar-refractivity contribution in [3.8, 4) is 0 Å². The van der Waals surface area contributed by atoms with Crippen LogP contribution in [0.5, 0.6) is 0 Å². The van der Waals surface area contributed by atoms with Gasteiger partial charge in [0, 0.05) is 10.5 Å². The molecule has 1 fully saturated rings. The minimum absolute atomic E-state index is 0.624. The van der Waals surface area contributed by atoms with Gasteiger partial charge in [0.1, 0.15) is 0 Å². The van der Waals surface area contributed by atoms with Crippen molar-refractivity contribution in [1.29, 1.82) is 0 Å². The third kappa shape index (κ3) is 11.3. The summed E-state index contributed by atoms with van der Waals surface area (Å²) < 4.78 is 0. The smallest absolute Gasteiger partial charge is 0.00559 e. The maximum atomic E-state index is 4.72. The van der Waals surface area contributed by atoms with Gasteiger partial charge in [-0.3, -0.25) is 0 Å². The lowest BCUT2D eigenvalue weighted by atomic mass is 9.98. The Morgan fingerprint density at radius 1 is 0.542 bits per heavy atom. The summed E-state index contributed by atoms with van der Waals surface area (Å²) in [5.41, 5.74) is 0. The molecule has 1 rings (SSSR count). The monoisotopic (exact) mass is 372 g/mol. The van der Waals surface area contributed by atoms with Gasteiger partial charge in [-0.1, -0.05) is 103 Å². The lowest BCUT2D eigenvalue weighted by Crippen LogP contribution is -2.15. The first kappa shape index (κ1) is 22.7. The van der Waals surface area contributed by atoms with Gasteiger partial charge in [0.25, 0.3) is 0 Å². The first-order valence-electron chi connectivity index (χ1n) is 11.1. The topological polar surface area (TPSA) is 0 Å². The Balaban J connectivity index is 1.73. The summed E-state index contributed by atoms with van der Waals surface area (Å²) in [6.45, 7) is 2.30. The van der Waals surface area contributed by atoms with Gasteiger partial charge in [-0.15, -0.1) is 0 Å². The highest BCUT2D eigenvalue weighted by molar-refractivity contribution is 7.82. The van der Waals surface area contributed by atoms with Crippen LogP contribution < -0.4 is 0 Å². The molecule has 1 aliphatic rings. The zero-order valence-corrected chi connectivity index (χ0v) is 18.1. The summed E-state index contributed by atoms with van der Waals surface area (Å²) in [7, 11) is 0. The van der Waals surface area contributed by atoms with E-state index < -0.39 is 0 Å². The number of hydrogen-bond acceptors (Lipinski definition) is 2. The highest BCUT2D eigenvalue weighted by Gasteiger charge is 2.30. The van der Waals surface area contributed by atoms with Crippen molar-refractivity contribution in [2.75, 3.05) is 0 Å². The molecule has 144 valence electrons. The third-order valence-electron chi connectivity index (χ3n) is 5.89. The SMILES string of the molecule is CCCCCCCCCCCCCCCCCC1C(S)CCC1S. The lowest BCUT2D eigenvalue weighted by Gasteiger charge is -2.18. The number of rotatable bonds is 16. The zero-order valence-electron chi connectivity index (χ0n) is 16.4. The average molecular weight is 373 g/mol. The first-order chi connectivity index (χ1) is 11.8. The second kappa shape index (κ2) is 15.9. The van der Waals surface area contributed by atoms with Crippen molar-refractivity contribution in [2.45, 2.75) is 133 Å². The molecule has 0 radical (unpaired) electrons. The Kier molecular flexibility index (Phi) is 15.1. The Bertz CT molecular complexity index is 257. The van der Waals surface area contributed by atoms with Crippen LogP contribution in [-0.4, -0.2) is 10.5 Å². The van der Waals surface area contributed by atoms with Gasteiger partial charge in [-0.25, -0.2) is 0 Å². The molecule has 2 atom stereocenters. The van der Waals surface area contributed by atoms with Crippen LogP contribution in [0.4, 0.5) is 0 Å². The largest absolute Gasteiger partial charge is 0.176 e. The number of hydrogen-bond donors (Lipinski definition) is 2. The van der Waals surface area contributed by atoms with Crippen LogP contribution in [0.3, 0.4) is 0 Å². The molecular weight excluding hydrogens is 328 g/mol. The second-order valence-corrected chi connectivity index (χ2v) is 9.44. The fraction of sp³-hybridized carbons (Fsp3) is 1.00. The van der Waals surface area contributed by atoms with Crippen LogP contribution in [0.25, 0.3) is 0 Å². The maximum Gasteiger partial charge on any atom is 0.00559 e. The van der Waals surface area contributed by atoms with E-state index in [9.17, 15) is 0 Å². The van der Waals surface area contributed by atoms with E-state index >= 15 is 0 Å². The van der Waals surface area contributed by atoms with Crippen molar-refractivity contribution in [2.24, 2.45) is 5.92 Å². The van der Waals surface area contributed by atoms with Crippen LogP contribution >= 0.6 is 25.3 Å². The Morgan fingerprint density at radius 2 is 0.875 bits per heavy atom. The summed E-state index contributed by atoms with van der Waals surface area (Å²) in [6.07, 6.45) is 25.7. The van der Waals surface area contributed by atoms with Gasteiger partial charge in [-0.05, 0) is 25.2 Å². The molecule has 0 aromatic heterocycles. The summed E-state index contributed by atoms with van der Waals surface area (Å²) in [5.74, 6) is 0.777. The van der Waals surface area contributed by atoms with E-state index in [4.69, 9.17) is 25.3 Å². The molecule has 0 amide bonds. The molecule has 1 saturated carbocycles. The molecule has 0 spiro atoms. The summed E-state index contributed by atoms with van der Waals surface area (Å²) >= 11 is 9.45. The average Bonchev–Trinajstić information content (AvgIpc) is 2.90. The Hall–Kier alpha value is 0.700. The van der Waals surface area contributed by atoms with E-state index in [0.717, 1.165) is 5.92 Å². The molecule has 0 saturated heterocycles. The van der Waals surface area contributed by atoms with Crippen LogP contribution in [-0.2, 0) is 0 Å². The fourth-order valence-corrected chi connectivity index (χ4v) is 5.31. The summed E-state index contributed by atoms with van der Waals surface area (Å²) in [5, 5.41) is 1.25. The predicted octanol–water partition coefficient (Wildman–Crippen LogP) is 8.25. The molecule has 0 heterocycles. The van der Waals surface area contributed by atoms with Crippen molar-refractivity contribution in [3.63, 3.8) is 0 Å². The van der Waals surface area contributed by atoms with Gasteiger partial charge in [0.15, 0.2) is 0 Å². The van der Waals surface area contributed by atoms with E-state index in [1.54, 1.807) is 0 Å². The molecule has 24 heavy (non-hydrogen) atoms. The van der Waals surface area contributed by atoms with E-state index in [0.29, 0.717) is 10.5 Å². The highest BCUT2D eigenvalue weighted by atomic mass is 32.1. The molecule has 0 aromatic rings. The quantitative estimate of drug-likeness (QED) is 0.198. The number of unbranched alkanes of at least 4 members (excludes halogenated alkanes) is 14. The van der Waals surface area contributed by atoms with Crippen LogP contribution in [0.1, 0.15) is 122 Å². The van der Waals surface area contributed by atoms with Gasteiger partial charge in [0.05, 0.1) is 0 Å². The van der Waals surface area contributed by atoms with E-state index in [-0.39, 0.29) is 0 Å². The first-order valence-corrected chi connectivity index (χ1v) is 12.1. The van der Waals surface area contributed by atoms with Crippen LogP contribution in [0.15, 0.2) is 0 Å². The lowest BCUT2D eigenvalue weighted by molar-refractivity contribution is 0.474. The molecule has 0 aromatic carbocycles. The van der Waals surface area contributed by atoms with E-state index in [1.165, 1.54) is 116 Å². The van der Waals surface area contributed by atoms with Gasteiger partial charge >= 0.3 is 0 Å². The van der Waals surface area contributed by atoms with Gasteiger partial charge in [-0.2, -0.15) is 25.3 Å². The summed E-state index contributed by atoms with van der Waals surface area (Å²) in [6, 6.07) is 0. The van der Waals surface area contributed by atoms with Crippen molar-refractivity contribution in [1.82, 2.24) is 0 Å². The standard InChI is InChI=1S/C22H44S2/c1-2-3-4-5-6-7-8-9-10-11-12-13-14-15-16-17-20-21(23)18-19-22(20)24/h20-24H,2-19H2,1H3. The van der Waals surface area contributed by atoms with Crippen molar-refractivity contribution in [3.05, 3.63) is 0 Å². The van der Waals surface area contributed by atoms with E-state index in [2.05, 4.69) is 6.92 Å². The van der Waals surface area contributed by atoms with Crippen LogP contribution in [0, 0.1) is 5.92 Å². The molecule has 0 N–H and O–H groups in total. The minimum Gasteiger partial charge on any atom is -0.176 e. The fourth-order valence-electron chi connectivity index (χ4n) is 4.16. The number of thiol groups is 2. The summed E-state index contributed by atoms with van der Waals surface area (Å²) in [4.78, 5) is 0. The van der Waals surface area contributed by atoms with Crippen molar-refractivity contribution < 1.29 is 0 Å². The molecular formula is C22H44S2. The maximum absolute atomic E-state index is 4.72. The third-order valence-corrected chi connectivity index (χ3v) is 7.17. The molecule has 2 heteroatoms. The molecule has 1 aliphatic carbocycles. The van der Waals surface area contributed by atoms with Crippen LogP contribution in [0.2, 0.25) is 0 Å². The Labute approximate surface area is 164 Å². The molecule has 0 nitrogen and oxygen atoms in total. The predicted molar refractivity (Wildman–Crippen MR) is 118 cm³/mol. The molecule has 0 aliphatic heterocycles. The van der Waals surface area contributed by atoms with Gasteiger partial charge < -0.3 is 0 Å². The molecule has 2 unspecified atom stereocenters. The van der Waals surface area contributed by atoms with E-state index in [1.807, 2.05) is 0 Å². The highest BCUT2D eigenvalue weighted by Crippen LogP contribution is 2.37. The van der Waals surface area contributed by atoms with Gasteiger partial charge in [0.2, 0.25) is 0 Å². The normalized spacial score (nSPS) is 23.9. The zero-order chi connectivity index (χ0) is 17.5. The Morgan fingerprint density at radius 3 is 1.25 bits per heavy atom. The second-order valence-electron chi connectivity index (χ2n) is 8.11. The van der Waals surface area contributed by atoms with Crippen molar-refractivity contribution >= 4 is 25.3 Å². The molecule has 0 bridgehead atoms. The minimum atomic E-state index is 0.624.